The van der Waals surface area contributed by atoms with Crippen molar-refractivity contribution in [2.24, 2.45) is 0 Å². The van der Waals surface area contributed by atoms with Gasteiger partial charge in [-0.25, -0.2) is 4.98 Å². The zero-order chi connectivity index (χ0) is 17.8. The summed E-state index contributed by atoms with van der Waals surface area (Å²) in [6.45, 7) is 1.36. The highest BCUT2D eigenvalue weighted by Gasteiger charge is 2.28. The van der Waals surface area contributed by atoms with Gasteiger partial charge in [-0.2, -0.15) is 10.2 Å². The summed E-state index contributed by atoms with van der Waals surface area (Å²) in [5.41, 5.74) is 1.76. The number of piperidine rings is 1. The molecule has 26 heavy (non-hydrogen) atoms. The fourth-order valence-corrected chi connectivity index (χ4v) is 3.35. The summed E-state index contributed by atoms with van der Waals surface area (Å²) in [5.74, 6) is 1.70. The topological polar surface area (TPSA) is 72.1 Å². The second-order valence-corrected chi connectivity index (χ2v) is 6.55. The molecule has 0 unspecified atom stereocenters. The molecule has 2 aromatic heterocycles. The molecule has 1 aliphatic heterocycles. The standard InChI is InChI=1S/C20H20N4O2/c25-20(16-8-9-22-23-12-16)24-10-4-7-17(14-24)19-21-13-18(26-19)11-15-5-2-1-3-6-15/h1-3,5-6,8-9,12-13,17H,4,7,10-11,14H2/t17-/m0/s1. The van der Waals surface area contributed by atoms with Gasteiger partial charge in [-0.1, -0.05) is 30.3 Å². The minimum absolute atomic E-state index is 0.0133. The molecule has 0 spiro atoms. The number of carbonyl (C=O) groups is 1. The first kappa shape index (κ1) is 16.4. The molecule has 1 saturated heterocycles. The number of aromatic nitrogens is 3. The van der Waals surface area contributed by atoms with Crippen molar-refractivity contribution in [1.82, 2.24) is 20.1 Å². The van der Waals surface area contributed by atoms with E-state index in [0.29, 0.717) is 12.1 Å². The maximum atomic E-state index is 12.6. The fraction of sp³-hybridized carbons (Fsp3) is 0.300. The average Bonchev–Trinajstić information content (AvgIpc) is 3.17. The first-order chi connectivity index (χ1) is 12.8. The third-order valence-corrected chi connectivity index (χ3v) is 4.68. The lowest BCUT2D eigenvalue weighted by Crippen LogP contribution is -2.39. The van der Waals surface area contributed by atoms with E-state index in [1.807, 2.05) is 23.1 Å². The molecule has 3 heterocycles. The van der Waals surface area contributed by atoms with Gasteiger partial charge in [0.15, 0.2) is 5.89 Å². The number of hydrogen-bond acceptors (Lipinski definition) is 5. The van der Waals surface area contributed by atoms with Crippen molar-refractivity contribution in [2.45, 2.75) is 25.2 Å². The Morgan fingerprint density at radius 2 is 2.04 bits per heavy atom. The summed E-state index contributed by atoms with van der Waals surface area (Å²) in [7, 11) is 0. The van der Waals surface area contributed by atoms with Gasteiger partial charge in [0.25, 0.3) is 5.91 Å². The Morgan fingerprint density at radius 1 is 1.15 bits per heavy atom. The average molecular weight is 348 g/mol. The highest BCUT2D eigenvalue weighted by Crippen LogP contribution is 2.28. The van der Waals surface area contributed by atoms with Crippen LogP contribution in [0.5, 0.6) is 0 Å². The predicted molar refractivity (Wildman–Crippen MR) is 95.7 cm³/mol. The third kappa shape index (κ3) is 3.64. The Balaban J connectivity index is 1.44. The van der Waals surface area contributed by atoms with Crippen LogP contribution in [0.3, 0.4) is 0 Å². The van der Waals surface area contributed by atoms with E-state index in [4.69, 9.17) is 4.42 Å². The monoisotopic (exact) mass is 348 g/mol. The van der Waals surface area contributed by atoms with Gasteiger partial charge in [-0.05, 0) is 24.5 Å². The lowest BCUT2D eigenvalue weighted by Gasteiger charge is -2.31. The molecule has 1 fully saturated rings. The molecule has 1 amide bonds. The third-order valence-electron chi connectivity index (χ3n) is 4.68. The molecular formula is C20H20N4O2. The minimum atomic E-state index is -0.0133. The maximum absolute atomic E-state index is 12.6. The van der Waals surface area contributed by atoms with Crippen molar-refractivity contribution < 1.29 is 9.21 Å². The van der Waals surface area contributed by atoms with Crippen molar-refractivity contribution in [2.75, 3.05) is 13.1 Å². The van der Waals surface area contributed by atoms with E-state index in [0.717, 1.165) is 37.5 Å². The van der Waals surface area contributed by atoms with Crippen LogP contribution >= 0.6 is 0 Å². The molecule has 0 aliphatic carbocycles. The predicted octanol–water partition coefficient (Wildman–Crippen LogP) is 3.08. The van der Waals surface area contributed by atoms with Gasteiger partial charge < -0.3 is 9.32 Å². The van der Waals surface area contributed by atoms with E-state index in [9.17, 15) is 4.79 Å². The summed E-state index contributed by atoms with van der Waals surface area (Å²) >= 11 is 0. The number of carbonyl (C=O) groups excluding carboxylic acids is 1. The Bertz CT molecular complexity index is 864. The first-order valence-corrected chi connectivity index (χ1v) is 8.84. The largest absolute Gasteiger partial charge is 0.445 e. The fourth-order valence-electron chi connectivity index (χ4n) is 3.35. The van der Waals surface area contributed by atoms with Crippen LogP contribution < -0.4 is 0 Å². The van der Waals surface area contributed by atoms with Crippen molar-refractivity contribution >= 4 is 5.91 Å². The summed E-state index contributed by atoms with van der Waals surface area (Å²) < 4.78 is 5.99. The lowest BCUT2D eigenvalue weighted by atomic mass is 9.97. The quantitative estimate of drug-likeness (QED) is 0.724. The molecule has 1 aliphatic rings. The zero-order valence-electron chi connectivity index (χ0n) is 14.4. The number of nitrogens with zero attached hydrogens (tertiary/aromatic N) is 4. The molecule has 0 bridgehead atoms. The van der Waals surface area contributed by atoms with Gasteiger partial charge in [-0.3, -0.25) is 4.79 Å². The Hall–Kier alpha value is -3.02. The van der Waals surface area contributed by atoms with E-state index in [1.165, 1.54) is 11.8 Å². The molecule has 1 atom stereocenters. The maximum Gasteiger partial charge on any atom is 0.255 e. The van der Waals surface area contributed by atoms with Crippen LogP contribution in [0.25, 0.3) is 0 Å². The molecule has 6 heteroatoms. The van der Waals surface area contributed by atoms with Gasteiger partial charge in [-0.15, -0.1) is 0 Å². The van der Waals surface area contributed by atoms with Crippen LogP contribution in [0, 0.1) is 0 Å². The van der Waals surface area contributed by atoms with E-state index < -0.39 is 0 Å². The number of hydrogen-bond donors (Lipinski definition) is 0. The molecule has 0 saturated carbocycles. The van der Waals surface area contributed by atoms with Crippen LogP contribution in [0.4, 0.5) is 0 Å². The lowest BCUT2D eigenvalue weighted by molar-refractivity contribution is 0.0697. The smallest absolute Gasteiger partial charge is 0.255 e. The molecule has 1 aromatic carbocycles. The molecular weight excluding hydrogens is 328 g/mol. The number of rotatable bonds is 4. The Kier molecular flexibility index (Phi) is 4.73. The molecule has 3 aromatic rings. The Labute approximate surface area is 151 Å². The normalized spacial score (nSPS) is 17.2. The van der Waals surface area contributed by atoms with Crippen LogP contribution in [-0.4, -0.2) is 39.1 Å². The van der Waals surface area contributed by atoms with Gasteiger partial charge >= 0.3 is 0 Å². The van der Waals surface area contributed by atoms with Gasteiger partial charge in [0, 0.05) is 19.5 Å². The highest BCUT2D eigenvalue weighted by atomic mass is 16.4. The van der Waals surface area contributed by atoms with Crippen LogP contribution in [-0.2, 0) is 6.42 Å². The molecule has 4 rings (SSSR count). The summed E-state index contributed by atoms with van der Waals surface area (Å²) in [6, 6.07) is 11.9. The van der Waals surface area contributed by atoms with Crippen molar-refractivity contribution in [3.8, 4) is 0 Å². The van der Waals surface area contributed by atoms with Gasteiger partial charge in [0.05, 0.1) is 30.1 Å². The summed E-state index contributed by atoms with van der Waals surface area (Å²) in [4.78, 5) is 19.0. The number of benzene rings is 1. The van der Waals surface area contributed by atoms with E-state index >= 15 is 0 Å². The van der Waals surface area contributed by atoms with Gasteiger partial charge in [0.2, 0.25) is 0 Å². The minimum Gasteiger partial charge on any atom is -0.445 e. The number of amides is 1. The molecule has 6 nitrogen and oxygen atoms in total. The van der Waals surface area contributed by atoms with Crippen molar-refractivity contribution in [3.05, 3.63) is 77.8 Å². The van der Waals surface area contributed by atoms with Crippen LogP contribution in [0.2, 0.25) is 0 Å². The van der Waals surface area contributed by atoms with Crippen LogP contribution in [0.15, 0.2) is 59.4 Å². The number of likely N-dealkylation sites (tertiary alicyclic amines) is 1. The second kappa shape index (κ2) is 7.47. The summed E-state index contributed by atoms with van der Waals surface area (Å²) in [5, 5.41) is 7.52. The number of oxazole rings is 1. The molecule has 0 N–H and O–H groups in total. The van der Waals surface area contributed by atoms with E-state index in [2.05, 4.69) is 27.3 Å². The molecule has 0 radical (unpaired) electrons. The van der Waals surface area contributed by atoms with Crippen molar-refractivity contribution in [1.29, 1.82) is 0 Å². The van der Waals surface area contributed by atoms with E-state index in [1.54, 1.807) is 18.5 Å². The first-order valence-electron chi connectivity index (χ1n) is 8.84. The van der Waals surface area contributed by atoms with E-state index in [-0.39, 0.29) is 11.8 Å². The highest BCUT2D eigenvalue weighted by molar-refractivity contribution is 5.93. The Morgan fingerprint density at radius 3 is 2.85 bits per heavy atom. The van der Waals surface area contributed by atoms with Crippen molar-refractivity contribution in [3.63, 3.8) is 0 Å². The summed E-state index contributed by atoms with van der Waals surface area (Å²) in [6.07, 6.45) is 7.49. The molecule has 132 valence electrons. The second-order valence-electron chi connectivity index (χ2n) is 6.55. The zero-order valence-corrected chi connectivity index (χ0v) is 14.4. The SMILES string of the molecule is O=C(c1ccnnc1)N1CCC[C@H](c2ncc(Cc3ccccc3)o2)C1. The van der Waals surface area contributed by atoms with Crippen LogP contribution in [0.1, 0.15) is 46.3 Å². The van der Waals surface area contributed by atoms with Gasteiger partial charge in [0.1, 0.15) is 5.76 Å².